The van der Waals surface area contributed by atoms with Gasteiger partial charge in [-0.15, -0.1) is 0 Å². The van der Waals surface area contributed by atoms with Gasteiger partial charge in [0.1, 0.15) is 11.4 Å². The number of hydrogen-bond donors (Lipinski definition) is 2. The van der Waals surface area contributed by atoms with E-state index in [4.69, 9.17) is 0 Å². The molecule has 142 valence electrons. The monoisotopic (exact) mass is 361 g/mol. The van der Waals surface area contributed by atoms with Crippen LogP contribution in [0.25, 0.3) is 0 Å². The molecule has 0 radical (unpaired) electrons. The van der Waals surface area contributed by atoms with E-state index in [9.17, 15) is 14.4 Å². The fraction of sp³-hybridized carbons (Fsp3) is 0.667. The number of hydrogen-bond acceptors (Lipinski definition) is 4. The summed E-state index contributed by atoms with van der Waals surface area (Å²) in [6.45, 7) is 5.85. The van der Waals surface area contributed by atoms with Crippen LogP contribution < -0.4 is 10.6 Å². The summed E-state index contributed by atoms with van der Waals surface area (Å²) in [5.74, 6) is 0.944. The summed E-state index contributed by atoms with van der Waals surface area (Å²) in [6.07, 6.45) is 6.97. The summed E-state index contributed by atoms with van der Waals surface area (Å²) in [5, 5.41) is 5.18. The minimum absolute atomic E-state index is 0.0587. The van der Waals surface area contributed by atoms with E-state index in [0.29, 0.717) is 32.5 Å². The second-order valence-electron chi connectivity index (χ2n) is 7.03. The van der Waals surface area contributed by atoms with Crippen molar-refractivity contribution in [3.05, 3.63) is 18.2 Å². The molecular weight excluding hydrogens is 334 g/mol. The topological polar surface area (TPSA) is 96.3 Å². The van der Waals surface area contributed by atoms with E-state index in [1.165, 1.54) is 0 Å². The van der Waals surface area contributed by atoms with Crippen LogP contribution in [0.15, 0.2) is 12.4 Å². The van der Waals surface area contributed by atoms with Gasteiger partial charge in [0.2, 0.25) is 5.91 Å². The number of carbonyl (C=O) groups excluding carboxylic acids is 3. The second-order valence-corrected chi connectivity index (χ2v) is 7.03. The van der Waals surface area contributed by atoms with Crippen molar-refractivity contribution in [1.82, 2.24) is 25.1 Å². The molecule has 0 aliphatic carbocycles. The van der Waals surface area contributed by atoms with Crippen molar-refractivity contribution < 1.29 is 14.4 Å². The molecule has 2 N–H and O–H groups in total. The highest BCUT2D eigenvalue weighted by atomic mass is 16.2. The molecule has 8 heteroatoms. The first-order chi connectivity index (χ1) is 12.5. The third kappa shape index (κ3) is 3.32. The molecule has 1 atom stereocenters. The van der Waals surface area contributed by atoms with Gasteiger partial charge in [-0.3, -0.25) is 14.9 Å². The molecule has 0 spiro atoms. The van der Waals surface area contributed by atoms with Crippen LogP contribution in [0.4, 0.5) is 4.79 Å². The predicted octanol–water partition coefficient (Wildman–Crippen LogP) is 1.06. The van der Waals surface area contributed by atoms with E-state index < -0.39 is 11.6 Å². The normalized spacial score (nSPS) is 23.8. The Morgan fingerprint density at radius 1 is 1.31 bits per heavy atom. The quantitative estimate of drug-likeness (QED) is 0.741. The molecule has 0 bridgehead atoms. The lowest BCUT2D eigenvalue weighted by Crippen LogP contribution is -2.56. The number of aromatic nitrogens is 2. The van der Waals surface area contributed by atoms with Gasteiger partial charge in [-0.25, -0.2) is 9.78 Å². The van der Waals surface area contributed by atoms with Crippen LogP contribution in [0.3, 0.4) is 0 Å². The summed E-state index contributed by atoms with van der Waals surface area (Å²) < 4.78 is 2.02. The summed E-state index contributed by atoms with van der Waals surface area (Å²) in [6, 6.07) is -0.414. The van der Waals surface area contributed by atoms with Crippen LogP contribution in [-0.2, 0) is 22.6 Å². The lowest BCUT2D eigenvalue weighted by atomic mass is 9.76. The number of aryl methyl sites for hydroxylation is 2. The van der Waals surface area contributed by atoms with Gasteiger partial charge >= 0.3 is 6.03 Å². The number of nitrogens with zero attached hydrogens (tertiary/aromatic N) is 3. The first-order valence-corrected chi connectivity index (χ1v) is 9.41. The fourth-order valence-corrected chi connectivity index (χ4v) is 4.18. The molecule has 0 unspecified atom stereocenters. The number of nitrogens with one attached hydrogen (secondary N) is 2. The smallest absolute Gasteiger partial charge is 0.322 e. The number of piperidine rings is 1. The zero-order chi connectivity index (χ0) is 18.7. The number of urea groups is 1. The molecule has 3 rings (SSSR count). The highest BCUT2D eigenvalue weighted by Crippen LogP contribution is 2.33. The van der Waals surface area contributed by atoms with Crippen molar-refractivity contribution in [3.8, 4) is 0 Å². The van der Waals surface area contributed by atoms with E-state index in [0.717, 1.165) is 25.1 Å². The number of imide groups is 1. The van der Waals surface area contributed by atoms with Crippen molar-refractivity contribution in [3.63, 3.8) is 0 Å². The minimum Gasteiger partial charge on any atom is -0.343 e. The van der Waals surface area contributed by atoms with Gasteiger partial charge in [0.15, 0.2) is 0 Å². The lowest BCUT2D eigenvalue weighted by Gasteiger charge is -2.40. The van der Waals surface area contributed by atoms with E-state index in [1.54, 1.807) is 6.20 Å². The Bertz CT molecular complexity index is 693. The molecule has 2 fully saturated rings. The Labute approximate surface area is 153 Å². The van der Waals surface area contributed by atoms with Crippen molar-refractivity contribution in [1.29, 1.82) is 0 Å². The van der Waals surface area contributed by atoms with Crippen LogP contribution in [0, 0.1) is 5.92 Å². The Hall–Kier alpha value is -2.38. The zero-order valence-corrected chi connectivity index (χ0v) is 15.5. The van der Waals surface area contributed by atoms with Crippen molar-refractivity contribution in [2.45, 2.75) is 58.0 Å². The molecule has 2 saturated heterocycles. The van der Waals surface area contributed by atoms with Crippen LogP contribution in [0.1, 0.15) is 45.4 Å². The third-order valence-corrected chi connectivity index (χ3v) is 5.76. The fourth-order valence-electron chi connectivity index (χ4n) is 4.18. The average molecular weight is 361 g/mol. The van der Waals surface area contributed by atoms with Crippen LogP contribution in [-0.4, -0.2) is 50.9 Å². The van der Waals surface area contributed by atoms with E-state index >= 15 is 0 Å². The molecule has 1 aromatic rings. The van der Waals surface area contributed by atoms with Gasteiger partial charge < -0.3 is 14.8 Å². The number of imidazole rings is 1. The van der Waals surface area contributed by atoms with Gasteiger partial charge in [0.25, 0.3) is 5.91 Å². The van der Waals surface area contributed by atoms with E-state index in [-0.39, 0.29) is 17.7 Å². The summed E-state index contributed by atoms with van der Waals surface area (Å²) in [7, 11) is 0. The molecule has 26 heavy (non-hydrogen) atoms. The second kappa shape index (κ2) is 7.47. The number of carbonyl (C=O) groups is 3. The lowest BCUT2D eigenvalue weighted by molar-refractivity contribution is -0.134. The average Bonchev–Trinajstić information content (AvgIpc) is 3.23. The third-order valence-electron chi connectivity index (χ3n) is 5.76. The molecule has 4 amide bonds. The highest BCUT2D eigenvalue weighted by molar-refractivity contribution is 6.07. The largest absolute Gasteiger partial charge is 0.343 e. The molecule has 2 aliphatic heterocycles. The number of rotatable bonds is 6. The summed E-state index contributed by atoms with van der Waals surface area (Å²) in [4.78, 5) is 42.5. The zero-order valence-electron chi connectivity index (χ0n) is 15.5. The first kappa shape index (κ1) is 18.4. The van der Waals surface area contributed by atoms with Crippen molar-refractivity contribution in [2.24, 2.45) is 5.92 Å². The molecule has 1 aromatic heterocycles. The molecular formula is C18H27N5O3. The van der Waals surface area contributed by atoms with E-state index in [1.807, 2.05) is 29.5 Å². The molecule has 3 heterocycles. The van der Waals surface area contributed by atoms with Gasteiger partial charge in [-0.05, 0) is 25.2 Å². The van der Waals surface area contributed by atoms with Crippen molar-refractivity contribution >= 4 is 17.8 Å². The predicted molar refractivity (Wildman–Crippen MR) is 95.2 cm³/mol. The first-order valence-electron chi connectivity index (χ1n) is 9.41. The van der Waals surface area contributed by atoms with Crippen LogP contribution >= 0.6 is 0 Å². The van der Waals surface area contributed by atoms with Gasteiger partial charge in [-0.2, -0.15) is 0 Å². The highest BCUT2D eigenvalue weighted by Gasteiger charge is 2.51. The molecule has 0 aromatic carbocycles. The molecule has 2 aliphatic rings. The van der Waals surface area contributed by atoms with Crippen LogP contribution in [0.5, 0.6) is 0 Å². The molecule has 0 saturated carbocycles. The van der Waals surface area contributed by atoms with Crippen LogP contribution in [0.2, 0.25) is 0 Å². The Morgan fingerprint density at radius 2 is 2.04 bits per heavy atom. The van der Waals surface area contributed by atoms with Gasteiger partial charge in [0.05, 0.1) is 0 Å². The molecule has 8 nitrogen and oxygen atoms in total. The maximum Gasteiger partial charge on any atom is 0.322 e. The number of amides is 4. The Kier molecular flexibility index (Phi) is 5.29. The SMILES string of the molecule is CCc1nccn1CCC(=O)N1CCC([C@@]2(CC)NC(=O)NC2=O)CC1. The van der Waals surface area contributed by atoms with E-state index in [2.05, 4.69) is 15.6 Å². The summed E-state index contributed by atoms with van der Waals surface area (Å²) >= 11 is 0. The maximum absolute atomic E-state index is 12.5. The van der Waals surface area contributed by atoms with Gasteiger partial charge in [-0.1, -0.05) is 13.8 Å². The number of likely N-dealkylation sites (tertiary alicyclic amines) is 1. The van der Waals surface area contributed by atoms with Crippen molar-refractivity contribution in [2.75, 3.05) is 13.1 Å². The Morgan fingerprint density at radius 3 is 2.62 bits per heavy atom. The Balaban J connectivity index is 1.54. The standard InChI is InChI=1S/C18H27N5O3/c1-3-14-19-8-12-22(14)11-7-15(24)23-9-5-13(6-10-23)18(4-2)16(25)20-17(26)21-18/h8,12-13H,3-7,9-11H2,1-2H3,(H2,20,21,25,26)/t18-/m1/s1. The van der Waals surface area contributed by atoms with Gasteiger partial charge in [0, 0.05) is 44.9 Å². The minimum atomic E-state index is -0.820. The summed E-state index contributed by atoms with van der Waals surface area (Å²) in [5.41, 5.74) is -0.820. The maximum atomic E-state index is 12.5.